The molecule has 138 valence electrons. The lowest BCUT2D eigenvalue weighted by Crippen LogP contribution is -2.43. The molecule has 0 spiro atoms. The van der Waals surface area contributed by atoms with Crippen molar-refractivity contribution in [1.29, 1.82) is 0 Å². The second-order valence-corrected chi connectivity index (χ2v) is 7.11. The summed E-state index contributed by atoms with van der Waals surface area (Å²) in [6.07, 6.45) is 3.99. The first-order valence-electron chi connectivity index (χ1n) is 8.32. The zero-order chi connectivity index (χ0) is 18.8. The number of halogens is 2. The third-order valence-electron chi connectivity index (χ3n) is 4.53. The molecule has 0 bridgehead atoms. The highest BCUT2D eigenvalue weighted by Gasteiger charge is 2.25. The van der Waals surface area contributed by atoms with Gasteiger partial charge in [-0.2, -0.15) is 4.98 Å². The molecule has 1 heterocycles. The minimum absolute atomic E-state index is 0.00680. The molecular formula is C17H20Cl2N6O. The molecule has 0 saturated heterocycles. The van der Waals surface area contributed by atoms with Crippen LogP contribution in [0.15, 0.2) is 18.2 Å². The van der Waals surface area contributed by atoms with Crippen LogP contribution in [0.1, 0.15) is 36.2 Å². The molecule has 1 amide bonds. The van der Waals surface area contributed by atoms with Crippen LogP contribution >= 0.6 is 23.2 Å². The van der Waals surface area contributed by atoms with Crippen molar-refractivity contribution in [3.05, 3.63) is 33.9 Å². The normalized spacial score (nSPS) is 20.0. The summed E-state index contributed by atoms with van der Waals surface area (Å²) < 4.78 is 0. The number of carbonyl (C=O) groups excluding carboxylic acids is 1. The van der Waals surface area contributed by atoms with Gasteiger partial charge in [-0.1, -0.05) is 48.2 Å². The molecule has 0 radical (unpaired) electrons. The molecule has 26 heavy (non-hydrogen) atoms. The molecular weight excluding hydrogens is 375 g/mol. The van der Waals surface area contributed by atoms with Crippen molar-refractivity contribution in [1.82, 2.24) is 9.97 Å². The van der Waals surface area contributed by atoms with Gasteiger partial charge in [0.15, 0.2) is 0 Å². The number of anilines is 2. The zero-order valence-electron chi connectivity index (χ0n) is 14.0. The first-order valence-corrected chi connectivity index (χ1v) is 9.08. The molecule has 2 atom stereocenters. The van der Waals surface area contributed by atoms with Gasteiger partial charge in [-0.3, -0.25) is 4.79 Å². The van der Waals surface area contributed by atoms with Crippen LogP contribution in [0.4, 0.5) is 11.8 Å². The van der Waals surface area contributed by atoms with Crippen LogP contribution in [0.2, 0.25) is 10.0 Å². The highest BCUT2D eigenvalue weighted by Crippen LogP contribution is 2.37. The number of rotatable bonds is 4. The zero-order valence-corrected chi connectivity index (χ0v) is 15.5. The summed E-state index contributed by atoms with van der Waals surface area (Å²) in [6, 6.07) is 5.02. The summed E-state index contributed by atoms with van der Waals surface area (Å²) in [5.41, 5.74) is 18.5. The summed E-state index contributed by atoms with van der Waals surface area (Å²) in [5.74, 6) is -0.425. The molecule has 7 N–H and O–H groups in total. The van der Waals surface area contributed by atoms with E-state index in [-0.39, 0.29) is 40.1 Å². The summed E-state index contributed by atoms with van der Waals surface area (Å²) in [6.45, 7) is 0. The van der Waals surface area contributed by atoms with Crippen molar-refractivity contribution in [2.45, 2.75) is 37.8 Å². The second kappa shape index (κ2) is 7.65. The minimum atomic E-state index is -0.735. The van der Waals surface area contributed by atoms with Crippen LogP contribution in [-0.2, 0) is 0 Å². The van der Waals surface area contributed by atoms with Gasteiger partial charge in [-0.05, 0) is 18.9 Å². The molecule has 1 aromatic heterocycles. The van der Waals surface area contributed by atoms with Gasteiger partial charge in [0.2, 0.25) is 5.95 Å². The topological polar surface area (TPSA) is 133 Å². The van der Waals surface area contributed by atoms with Gasteiger partial charge in [0.1, 0.15) is 11.5 Å². The van der Waals surface area contributed by atoms with Crippen LogP contribution in [0.25, 0.3) is 11.1 Å². The van der Waals surface area contributed by atoms with E-state index in [0.29, 0.717) is 10.6 Å². The van der Waals surface area contributed by atoms with E-state index in [2.05, 4.69) is 15.3 Å². The number of aromatic nitrogens is 2. The van der Waals surface area contributed by atoms with Crippen molar-refractivity contribution in [2.75, 3.05) is 11.1 Å². The van der Waals surface area contributed by atoms with Crippen LogP contribution in [0.3, 0.4) is 0 Å². The average molecular weight is 395 g/mol. The molecule has 0 unspecified atom stereocenters. The van der Waals surface area contributed by atoms with Gasteiger partial charge in [0, 0.05) is 17.6 Å². The van der Waals surface area contributed by atoms with Crippen LogP contribution < -0.4 is 22.5 Å². The summed E-state index contributed by atoms with van der Waals surface area (Å²) in [5, 5.41) is 3.76. The quantitative estimate of drug-likeness (QED) is 0.629. The fraction of sp³-hybridized carbons (Fsp3) is 0.353. The Balaban J connectivity index is 2.04. The smallest absolute Gasteiger partial charge is 0.268 e. The first kappa shape index (κ1) is 18.7. The van der Waals surface area contributed by atoms with E-state index >= 15 is 0 Å². The van der Waals surface area contributed by atoms with E-state index in [1.807, 2.05) is 0 Å². The third-order valence-corrected chi connectivity index (χ3v) is 5.34. The first-order chi connectivity index (χ1) is 12.4. The Bertz CT molecular complexity index is 844. The van der Waals surface area contributed by atoms with Crippen molar-refractivity contribution in [3.63, 3.8) is 0 Å². The molecule has 0 aliphatic heterocycles. The number of nitrogens with two attached hydrogens (primary N) is 3. The number of hydrogen-bond acceptors (Lipinski definition) is 6. The molecule has 1 aliphatic carbocycles. The Labute approximate surface area is 161 Å². The predicted molar refractivity (Wildman–Crippen MR) is 104 cm³/mol. The lowest BCUT2D eigenvalue weighted by Gasteiger charge is -2.29. The van der Waals surface area contributed by atoms with Crippen LogP contribution in [-0.4, -0.2) is 28.0 Å². The van der Waals surface area contributed by atoms with E-state index in [9.17, 15) is 4.79 Å². The maximum Gasteiger partial charge on any atom is 0.268 e. The summed E-state index contributed by atoms with van der Waals surface area (Å²) in [4.78, 5) is 20.6. The second-order valence-electron chi connectivity index (χ2n) is 6.32. The molecule has 1 saturated carbocycles. The Morgan fingerprint density at radius 1 is 1.19 bits per heavy atom. The standard InChI is InChI=1S/C17H20Cl2N6O/c18-9-5-3-4-8(13(9)19)12-14(16(22)26)24-17(25-15(12)21)23-11-7-2-1-6-10(11)20/h3-5,10-11H,1-2,6-7,20H2,(H2,22,26)(H3,21,23,24,25)/t10-,11+/m0/s1. The average Bonchev–Trinajstić information content (AvgIpc) is 2.59. The Kier molecular flexibility index (Phi) is 5.50. The van der Waals surface area contributed by atoms with Gasteiger partial charge in [-0.25, -0.2) is 4.98 Å². The van der Waals surface area contributed by atoms with Gasteiger partial charge >= 0.3 is 0 Å². The maximum atomic E-state index is 12.0. The highest BCUT2D eigenvalue weighted by molar-refractivity contribution is 6.44. The lowest BCUT2D eigenvalue weighted by atomic mass is 9.91. The SMILES string of the molecule is NC(=O)c1nc(N[C@@H]2CCCC[C@@H]2N)nc(N)c1-c1cccc(Cl)c1Cl. The van der Waals surface area contributed by atoms with E-state index in [0.717, 1.165) is 25.7 Å². The van der Waals surface area contributed by atoms with E-state index < -0.39 is 5.91 Å². The van der Waals surface area contributed by atoms with Crippen molar-refractivity contribution < 1.29 is 4.79 Å². The van der Waals surface area contributed by atoms with Gasteiger partial charge in [0.05, 0.1) is 15.6 Å². The number of nitrogen functional groups attached to an aromatic ring is 1. The van der Waals surface area contributed by atoms with Gasteiger partial charge < -0.3 is 22.5 Å². The number of primary amides is 1. The summed E-state index contributed by atoms with van der Waals surface area (Å²) in [7, 11) is 0. The van der Waals surface area contributed by atoms with Crippen molar-refractivity contribution in [3.8, 4) is 11.1 Å². The maximum absolute atomic E-state index is 12.0. The fourth-order valence-electron chi connectivity index (χ4n) is 3.19. The Morgan fingerprint density at radius 3 is 2.62 bits per heavy atom. The molecule has 1 aliphatic rings. The highest BCUT2D eigenvalue weighted by atomic mass is 35.5. The summed E-state index contributed by atoms with van der Waals surface area (Å²) >= 11 is 12.3. The van der Waals surface area contributed by atoms with E-state index in [1.54, 1.807) is 18.2 Å². The number of nitrogens with zero attached hydrogens (tertiary/aromatic N) is 2. The van der Waals surface area contributed by atoms with E-state index in [4.69, 9.17) is 40.4 Å². The number of amides is 1. The predicted octanol–water partition coefficient (Wildman–Crippen LogP) is 2.81. The molecule has 3 rings (SSSR count). The van der Waals surface area contributed by atoms with Crippen LogP contribution in [0.5, 0.6) is 0 Å². The van der Waals surface area contributed by atoms with E-state index in [1.165, 1.54) is 0 Å². The molecule has 1 fully saturated rings. The molecule has 9 heteroatoms. The number of carbonyl (C=O) groups is 1. The molecule has 2 aromatic rings. The Hall–Kier alpha value is -2.09. The van der Waals surface area contributed by atoms with Gasteiger partial charge in [0.25, 0.3) is 5.91 Å². The monoisotopic (exact) mass is 394 g/mol. The third kappa shape index (κ3) is 3.70. The van der Waals surface area contributed by atoms with Crippen molar-refractivity contribution in [2.24, 2.45) is 11.5 Å². The number of hydrogen-bond donors (Lipinski definition) is 4. The molecule has 7 nitrogen and oxygen atoms in total. The largest absolute Gasteiger partial charge is 0.383 e. The lowest BCUT2D eigenvalue weighted by molar-refractivity contribution is 0.0996. The number of benzene rings is 1. The Morgan fingerprint density at radius 2 is 1.92 bits per heavy atom. The minimum Gasteiger partial charge on any atom is -0.383 e. The number of nitrogens with one attached hydrogen (secondary N) is 1. The fourth-order valence-corrected chi connectivity index (χ4v) is 3.58. The van der Waals surface area contributed by atoms with Gasteiger partial charge in [-0.15, -0.1) is 0 Å². The van der Waals surface area contributed by atoms with Crippen molar-refractivity contribution >= 4 is 40.9 Å². The molecule has 1 aromatic carbocycles. The van der Waals surface area contributed by atoms with Crippen LogP contribution in [0, 0.1) is 0 Å².